The molecule has 1 N–H and O–H groups in total. The molecule has 9 rings (SSSR count). The van der Waals surface area contributed by atoms with Gasteiger partial charge in [0.25, 0.3) is 5.56 Å². The number of hydrogen-bond donors (Lipinski definition) is 1. The topological polar surface area (TPSA) is 248 Å². The first-order chi connectivity index (χ1) is 34.2. The number of nitriles is 1. The standard InChI is InChI=1S/C44H54FN9O13P2S2Si/c1-26(55)52-16-10-14-28-20-53(38-31(28)37(52)47-23-48-38)41-32(45)34-29(63-41)22-62-69(71,60-18-11-15-46)66-36-35(67-72(5,6)44(2,3)4)30(21-61-68(58,70)65-34)64-42(36)54-25-49-33-39(54)50-24-51(40(33)56)17-19-59-43(57)27-12-8-7-9-13-27/h7-9,12-13,20,23-25,29-30,32,34-36,41-42H,10-11,14,16-19,21-22H2,1-6H3,(H,58,70)/t29-,30-,32+,34-,35-,36-,41-,42-,68?,69?/m1/s1. The van der Waals surface area contributed by atoms with Gasteiger partial charge in [0.15, 0.2) is 38.1 Å². The Morgan fingerprint density at radius 3 is 2.46 bits per heavy atom. The van der Waals surface area contributed by atoms with E-state index in [0.717, 1.165) is 5.56 Å². The van der Waals surface area contributed by atoms with Gasteiger partial charge in [-0.05, 0) is 72.3 Å². The Bertz CT molecular complexity index is 3070. The van der Waals surface area contributed by atoms with E-state index in [1.54, 1.807) is 41.4 Å². The molecule has 10 atom stereocenters. The molecule has 386 valence electrons. The number of halogens is 1. The molecule has 2 bridgehead atoms. The zero-order valence-electron chi connectivity index (χ0n) is 40.1. The largest absolute Gasteiger partial charge is 0.460 e. The minimum absolute atomic E-state index is 0.0239. The summed E-state index contributed by atoms with van der Waals surface area (Å²) in [7, 11) is -2.78. The third kappa shape index (κ3) is 10.5. The van der Waals surface area contributed by atoms with Crippen molar-refractivity contribution in [2.75, 3.05) is 37.9 Å². The van der Waals surface area contributed by atoms with Crippen LogP contribution in [0.3, 0.4) is 0 Å². The van der Waals surface area contributed by atoms with Crippen molar-refractivity contribution in [2.45, 2.75) is 121 Å². The maximum absolute atomic E-state index is 17.3. The Hall–Kier alpha value is -4.29. The molecule has 3 fully saturated rings. The number of rotatable bonds is 11. The molecule has 0 saturated carbocycles. The number of amides is 1. The number of fused-ring (bicyclic) bond motifs is 4. The van der Waals surface area contributed by atoms with Crippen LogP contribution in [0.1, 0.15) is 68.9 Å². The first kappa shape index (κ1) is 52.6. The van der Waals surface area contributed by atoms with Crippen molar-refractivity contribution in [3.8, 4) is 6.07 Å². The molecule has 2 unspecified atom stereocenters. The third-order valence-electron chi connectivity index (χ3n) is 13.4. The van der Waals surface area contributed by atoms with Crippen molar-refractivity contribution in [2.24, 2.45) is 0 Å². The number of esters is 1. The van der Waals surface area contributed by atoms with Crippen molar-refractivity contribution in [3.05, 3.63) is 77.0 Å². The Labute approximate surface area is 424 Å². The molecule has 0 radical (unpaired) electrons. The molecule has 1 aromatic carbocycles. The number of carbonyl (C=O) groups is 2. The molecule has 28 heteroatoms. The van der Waals surface area contributed by atoms with Crippen molar-refractivity contribution in [1.82, 2.24) is 33.6 Å². The molecular formula is C44H54FN9O13P2S2Si. The van der Waals surface area contributed by atoms with Gasteiger partial charge in [-0.1, -0.05) is 39.0 Å². The second kappa shape index (κ2) is 20.8. The summed E-state index contributed by atoms with van der Waals surface area (Å²) in [6.07, 6.45) is -4.33. The Morgan fingerprint density at radius 1 is 0.972 bits per heavy atom. The van der Waals surface area contributed by atoms with Crippen LogP contribution in [0, 0.1) is 11.3 Å². The van der Waals surface area contributed by atoms with Crippen LogP contribution in [0.5, 0.6) is 0 Å². The van der Waals surface area contributed by atoms with Crippen molar-refractivity contribution in [3.63, 3.8) is 0 Å². The molecule has 5 aromatic rings. The fourth-order valence-electron chi connectivity index (χ4n) is 8.74. The summed E-state index contributed by atoms with van der Waals surface area (Å²) in [4.78, 5) is 70.5. The van der Waals surface area contributed by atoms with Gasteiger partial charge in [-0.2, -0.15) is 5.26 Å². The minimum atomic E-state index is -4.39. The predicted octanol–water partition coefficient (Wildman–Crippen LogP) is 5.91. The number of imidazole rings is 1. The number of aromatic nitrogens is 7. The molecule has 4 aliphatic heterocycles. The molecular weight excluding hydrogens is 1040 g/mol. The monoisotopic (exact) mass is 1090 g/mol. The maximum atomic E-state index is 17.3. The van der Waals surface area contributed by atoms with Gasteiger partial charge in [0.05, 0.1) is 56.1 Å². The van der Waals surface area contributed by atoms with Crippen LogP contribution in [-0.2, 0) is 82.6 Å². The maximum Gasteiger partial charge on any atom is 0.338 e. The molecule has 0 aliphatic carbocycles. The van der Waals surface area contributed by atoms with E-state index in [4.69, 9.17) is 64.9 Å². The molecule has 0 spiro atoms. The highest BCUT2D eigenvalue weighted by molar-refractivity contribution is 8.07. The molecule has 22 nitrogen and oxygen atoms in total. The van der Waals surface area contributed by atoms with Gasteiger partial charge in [-0.25, -0.2) is 29.1 Å². The van der Waals surface area contributed by atoms with Crippen LogP contribution in [-0.4, -0.2) is 128 Å². The summed E-state index contributed by atoms with van der Waals surface area (Å²) in [5.74, 6) is -0.370. The predicted molar refractivity (Wildman–Crippen MR) is 266 cm³/mol. The lowest BCUT2D eigenvalue weighted by atomic mass is 10.1. The van der Waals surface area contributed by atoms with E-state index in [9.17, 15) is 24.5 Å². The summed E-state index contributed by atoms with van der Waals surface area (Å²) in [5.41, 5.74) is 0.929. The lowest BCUT2D eigenvalue weighted by Crippen LogP contribution is -2.50. The zero-order chi connectivity index (χ0) is 51.3. The van der Waals surface area contributed by atoms with Gasteiger partial charge in [-0.15, -0.1) is 0 Å². The number of aryl methyl sites for hydroxylation is 1. The SMILES string of the molecule is CC(=O)N1CCCc2cn([C@@H]3O[C@@H]4COP(=S)(OCCC#N)O[C@@H]5[C@H](O[Si](C)(C)C(C)(C)C)[C@@H](COP(O)(=S)O[C@H]4[C@@H]3F)O[C@H]5n3cnc4c(=O)n(CCOC(=O)c5ccccc5)cnc43)c3ncnc1c23. The van der Waals surface area contributed by atoms with Crippen molar-refractivity contribution < 1.29 is 60.1 Å². The number of anilines is 1. The number of ether oxygens (including phenoxy) is 3. The first-order valence-electron chi connectivity index (χ1n) is 23.2. The zero-order valence-corrected chi connectivity index (χ0v) is 44.6. The highest BCUT2D eigenvalue weighted by atomic mass is 32.5. The van der Waals surface area contributed by atoms with Gasteiger partial charge in [-0.3, -0.25) is 32.7 Å². The third-order valence-corrected chi connectivity index (χ3v) is 21.8. The summed E-state index contributed by atoms with van der Waals surface area (Å²) in [5, 5.41) is 9.77. The van der Waals surface area contributed by atoms with E-state index < -0.39 is 95.6 Å². The summed E-state index contributed by atoms with van der Waals surface area (Å²) < 4.78 is 78.6. The highest BCUT2D eigenvalue weighted by Gasteiger charge is 2.56. The second-order valence-electron chi connectivity index (χ2n) is 19.1. The first-order valence-corrected chi connectivity index (χ1v) is 31.2. The van der Waals surface area contributed by atoms with E-state index >= 15 is 4.39 Å². The lowest BCUT2D eigenvalue weighted by Gasteiger charge is -2.41. The lowest BCUT2D eigenvalue weighted by molar-refractivity contribution is -0.116. The van der Waals surface area contributed by atoms with Gasteiger partial charge in [0.2, 0.25) is 5.91 Å². The Balaban J connectivity index is 1.06. The van der Waals surface area contributed by atoms with Gasteiger partial charge >= 0.3 is 19.4 Å². The van der Waals surface area contributed by atoms with E-state index in [0.29, 0.717) is 41.8 Å². The number of alkyl halides is 1. The van der Waals surface area contributed by atoms with E-state index in [2.05, 4.69) is 19.9 Å². The van der Waals surface area contributed by atoms with Gasteiger partial charge < -0.3 is 41.7 Å². The average Bonchev–Trinajstić information content (AvgIpc) is 4.06. The van der Waals surface area contributed by atoms with E-state index in [1.165, 1.54) is 39.6 Å². The Kier molecular flexibility index (Phi) is 15.2. The van der Waals surface area contributed by atoms with Gasteiger partial charge in [0.1, 0.15) is 61.2 Å². The molecule has 4 aliphatic rings. The summed E-state index contributed by atoms with van der Waals surface area (Å²) >= 11 is 11.7. The molecule has 8 heterocycles. The molecule has 4 aromatic heterocycles. The number of nitrogens with zero attached hydrogens (tertiary/aromatic N) is 9. The van der Waals surface area contributed by atoms with E-state index in [1.807, 2.05) is 39.9 Å². The molecule has 3 saturated heterocycles. The van der Waals surface area contributed by atoms with Crippen LogP contribution >= 0.6 is 13.4 Å². The quantitative estimate of drug-likeness (QED) is 0.0699. The smallest absolute Gasteiger partial charge is 0.338 e. The summed E-state index contributed by atoms with van der Waals surface area (Å²) in [6, 6.07) is 10.5. The van der Waals surface area contributed by atoms with Crippen LogP contribution < -0.4 is 10.5 Å². The fourth-order valence-corrected chi connectivity index (χ4v) is 13.6. The second-order valence-corrected chi connectivity index (χ2v) is 29.6. The highest BCUT2D eigenvalue weighted by Crippen LogP contribution is 2.58. The van der Waals surface area contributed by atoms with Crippen LogP contribution in [0.4, 0.5) is 10.2 Å². The number of benzene rings is 1. The van der Waals surface area contributed by atoms with E-state index in [-0.39, 0.29) is 48.3 Å². The van der Waals surface area contributed by atoms with Crippen LogP contribution in [0.15, 0.2) is 60.3 Å². The van der Waals surface area contributed by atoms with Crippen LogP contribution in [0.25, 0.3) is 22.2 Å². The van der Waals surface area contributed by atoms with Gasteiger partial charge in [0, 0.05) is 19.7 Å². The van der Waals surface area contributed by atoms with Crippen molar-refractivity contribution >= 4 is 85.3 Å². The number of carbonyl (C=O) groups excluding carboxylic acids is 2. The van der Waals surface area contributed by atoms with Crippen molar-refractivity contribution in [1.29, 1.82) is 5.26 Å². The normalized spacial score (nSPS) is 29.2. The molecule has 72 heavy (non-hydrogen) atoms. The summed E-state index contributed by atoms with van der Waals surface area (Å²) in [6.45, 7) is 2.18. The van der Waals surface area contributed by atoms with Crippen LogP contribution in [0.2, 0.25) is 18.1 Å². The molecule has 1 amide bonds. The number of hydrogen-bond acceptors (Lipinski definition) is 19. The Morgan fingerprint density at radius 2 is 1.72 bits per heavy atom. The minimum Gasteiger partial charge on any atom is -0.460 e. The fraction of sp³-hybridized carbons (Fsp3) is 0.545. The average molecular weight is 1090 g/mol.